The second-order valence-electron chi connectivity index (χ2n) is 19.5. The lowest BCUT2D eigenvalue weighted by Crippen LogP contribution is -2.30. The summed E-state index contributed by atoms with van der Waals surface area (Å²) in [5.41, 5.74) is 0. The van der Waals surface area contributed by atoms with Crippen molar-refractivity contribution in [3.8, 4) is 0 Å². The summed E-state index contributed by atoms with van der Waals surface area (Å²) < 4.78 is 16.8. The summed E-state index contributed by atoms with van der Waals surface area (Å²) in [6.45, 7) is 6.45. The molecule has 6 nitrogen and oxygen atoms in total. The number of allylic oxidation sites excluding steroid dienone is 16. The van der Waals surface area contributed by atoms with Crippen LogP contribution < -0.4 is 0 Å². The fourth-order valence-electron chi connectivity index (χ4n) is 8.09. The Labute approximate surface area is 438 Å². The molecular formula is C65H110O6. The van der Waals surface area contributed by atoms with Gasteiger partial charge >= 0.3 is 17.9 Å². The van der Waals surface area contributed by atoms with Crippen molar-refractivity contribution in [1.29, 1.82) is 0 Å². The first kappa shape index (κ1) is 67.3. The van der Waals surface area contributed by atoms with Crippen LogP contribution in [0, 0.1) is 0 Å². The number of ether oxygens (including phenoxy) is 3. The molecule has 1 unspecified atom stereocenters. The van der Waals surface area contributed by atoms with Crippen LogP contribution in [0.5, 0.6) is 0 Å². The molecule has 6 heteroatoms. The zero-order valence-electron chi connectivity index (χ0n) is 46.5. The first-order valence-corrected chi connectivity index (χ1v) is 29.7. The lowest BCUT2D eigenvalue weighted by Gasteiger charge is -2.18. The zero-order valence-corrected chi connectivity index (χ0v) is 46.5. The first-order valence-electron chi connectivity index (χ1n) is 29.7. The second kappa shape index (κ2) is 58.9. The van der Waals surface area contributed by atoms with Gasteiger partial charge in [-0.2, -0.15) is 0 Å². The topological polar surface area (TPSA) is 78.9 Å². The molecule has 0 fully saturated rings. The standard InChI is InChI=1S/C65H110O6/c1-4-7-10-13-16-19-22-25-28-30-31-32-33-35-37-40-43-46-49-52-55-58-64(67)70-61-62(60-69-63(66)57-54-51-48-45-42-39-36-27-24-21-18-15-12-9-6-3)71-65(68)59-56-53-50-47-44-41-38-34-29-26-23-20-17-14-11-8-5-2/h8,11,17-18,20-21,26-27,29-31,36,38,41,47,50,62H,4-7,9-10,12-16,19,22-25,28,32-35,37,39-40,42-46,48-49,51-61H2,1-3H3/b11-8-,20-17-,21-18-,29-26-,31-30-,36-27-,41-38-,50-47-. The largest absolute Gasteiger partial charge is 0.462 e. The van der Waals surface area contributed by atoms with Crippen molar-refractivity contribution in [2.24, 2.45) is 0 Å². The molecule has 0 rings (SSSR count). The van der Waals surface area contributed by atoms with E-state index in [9.17, 15) is 14.4 Å². The highest BCUT2D eigenvalue weighted by molar-refractivity contribution is 5.71. The molecule has 0 bridgehead atoms. The maximum atomic E-state index is 12.8. The maximum Gasteiger partial charge on any atom is 0.306 e. The lowest BCUT2D eigenvalue weighted by molar-refractivity contribution is -0.167. The van der Waals surface area contributed by atoms with E-state index in [2.05, 4.69) is 118 Å². The first-order chi connectivity index (χ1) is 35.0. The van der Waals surface area contributed by atoms with E-state index >= 15 is 0 Å². The lowest BCUT2D eigenvalue weighted by atomic mass is 10.1. The van der Waals surface area contributed by atoms with Gasteiger partial charge in [-0.05, 0) is 116 Å². The van der Waals surface area contributed by atoms with Crippen molar-refractivity contribution in [2.45, 2.75) is 284 Å². The zero-order chi connectivity index (χ0) is 51.4. The number of carbonyl (C=O) groups is 3. The minimum Gasteiger partial charge on any atom is -0.462 e. The van der Waals surface area contributed by atoms with Gasteiger partial charge in [0.05, 0.1) is 0 Å². The van der Waals surface area contributed by atoms with Gasteiger partial charge in [-0.15, -0.1) is 0 Å². The number of hydrogen-bond acceptors (Lipinski definition) is 6. The molecule has 0 radical (unpaired) electrons. The van der Waals surface area contributed by atoms with Crippen molar-refractivity contribution in [3.05, 3.63) is 97.2 Å². The highest BCUT2D eigenvalue weighted by Gasteiger charge is 2.19. The summed E-state index contributed by atoms with van der Waals surface area (Å²) in [6, 6.07) is 0. The third kappa shape index (κ3) is 57.1. The Kier molecular flexibility index (Phi) is 55.9. The van der Waals surface area contributed by atoms with E-state index in [1.165, 1.54) is 128 Å². The Hall–Kier alpha value is -3.67. The van der Waals surface area contributed by atoms with Crippen LogP contribution in [0.15, 0.2) is 97.2 Å². The minimum atomic E-state index is -0.815. The van der Waals surface area contributed by atoms with Crippen LogP contribution in [0.2, 0.25) is 0 Å². The number of rotatable bonds is 53. The van der Waals surface area contributed by atoms with Crippen LogP contribution in [-0.2, 0) is 28.6 Å². The van der Waals surface area contributed by atoms with Crippen LogP contribution >= 0.6 is 0 Å². The van der Waals surface area contributed by atoms with Gasteiger partial charge in [0, 0.05) is 19.3 Å². The fraction of sp³-hybridized carbons (Fsp3) is 0.708. The Morgan fingerprint density at radius 1 is 0.296 bits per heavy atom. The van der Waals surface area contributed by atoms with Crippen molar-refractivity contribution in [1.82, 2.24) is 0 Å². The Morgan fingerprint density at radius 2 is 0.563 bits per heavy atom. The molecule has 71 heavy (non-hydrogen) atoms. The van der Waals surface area contributed by atoms with Gasteiger partial charge in [-0.3, -0.25) is 14.4 Å². The summed E-state index contributed by atoms with van der Waals surface area (Å²) in [7, 11) is 0. The van der Waals surface area contributed by atoms with Crippen LogP contribution in [0.4, 0.5) is 0 Å². The van der Waals surface area contributed by atoms with Crippen LogP contribution in [0.25, 0.3) is 0 Å². The number of esters is 3. The maximum absolute atomic E-state index is 12.8. The van der Waals surface area contributed by atoms with E-state index in [4.69, 9.17) is 14.2 Å². The number of carbonyl (C=O) groups excluding carboxylic acids is 3. The fourth-order valence-corrected chi connectivity index (χ4v) is 8.09. The molecule has 0 saturated heterocycles. The summed E-state index contributed by atoms with van der Waals surface area (Å²) in [5.74, 6) is -0.977. The monoisotopic (exact) mass is 987 g/mol. The van der Waals surface area contributed by atoms with Gasteiger partial charge < -0.3 is 14.2 Å². The summed E-state index contributed by atoms with van der Waals surface area (Å²) >= 11 is 0. The summed E-state index contributed by atoms with van der Waals surface area (Å²) in [4.78, 5) is 38.2. The van der Waals surface area contributed by atoms with E-state index in [1.54, 1.807) is 0 Å². The van der Waals surface area contributed by atoms with Crippen molar-refractivity contribution < 1.29 is 28.6 Å². The molecule has 0 saturated carbocycles. The van der Waals surface area contributed by atoms with Gasteiger partial charge in [-0.1, -0.05) is 240 Å². The van der Waals surface area contributed by atoms with Gasteiger partial charge in [-0.25, -0.2) is 0 Å². The van der Waals surface area contributed by atoms with Gasteiger partial charge in [0.25, 0.3) is 0 Å². The summed E-state index contributed by atoms with van der Waals surface area (Å²) in [6.07, 6.45) is 78.4. The van der Waals surface area contributed by atoms with Gasteiger partial charge in [0.1, 0.15) is 13.2 Å². The number of hydrogen-bond donors (Lipinski definition) is 0. The van der Waals surface area contributed by atoms with Crippen molar-refractivity contribution in [2.75, 3.05) is 13.2 Å². The van der Waals surface area contributed by atoms with Gasteiger partial charge in [0.2, 0.25) is 0 Å². The number of unbranched alkanes of at least 4 members (excludes halogenated alkanes) is 26. The Balaban J connectivity index is 4.45. The molecule has 0 aliphatic carbocycles. The van der Waals surface area contributed by atoms with E-state index < -0.39 is 6.10 Å². The molecule has 1 atom stereocenters. The Morgan fingerprint density at radius 3 is 0.944 bits per heavy atom. The molecule has 0 N–H and O–H groups in total. The van der Waals surface area contributed by atoms with Gasteiger partial charge in [0.15, 0.2) is 6.10 Å². The Bertz CT molecular complexity index is 1410. The molecule has 0 aromatic carbocycles. The molecule has 0 amide bonds. The third-order valence-electron chi connectivity index (χ3n) is 12.5. The molecule has 0 spiro atoms. The molecule has 0 heterocycles. The quantitative estimate of drug-likeness (QED) is 0.0261. The smallest absolute Gasteiger partial charge is 0.306 e. The third-order valence-corrected chi connectivity index (χ3v) is 12.5. The van der Waals surface area contributed by atoms with Crippen molar-refractivity contribution >= 4 is 17.9 Å². The predicted octanol–water partition coefficient (Wildman–Crippen LogP) is 20.1. The highest BCUT2D eigenvalue weighted by Crippen LogP contribution is 2.15. The normalized spacial score (nSPS) is 12.8. The highest BCUT2D eigenvalue weighted by atomic mass is 16.6. The van der Waals surface area contributed by atoms with Crippen LogP contribution in [-0.4, -0.2) is 37.2 Å². The van der Waals surface area contributed by atoms with Crippen molar-refractivity contribution in [3.63, 3.8) is 0 Å². The predicted molar refractivity (Wildman–Crippen MR) is 307 cm³/mol. The molecule has 0 aromatic rings. The van der Waals surface area contributed by atoms with Crippen LogP contribution in [0.3, 0.4) is 0 Å². The van der Waals surface area contributed by atoms with E-state index in [0.29, 0.717) is 19.3 Å². The molecule has 406 valence electrons. The van der Waals surface area contributed by atoms with Crippen LogP contribution in [0.1, 0.15) is 278 Å². The average molecular weight is 988 g/mol. The molecule has 0 aliphatic rings. The molecule has 0 aromatic heterocycles. The SMILES string of the molecule is CC/C=C\C/C=C\C/C=C\C/C=C\C/C=C\CCCC(=O)OC(COC(=O)CCCCCCC/C=C\C/C=C\CCCCC)COC(=O)CCCCCCCCCCC/C=C\CCCCCCCCCC. The molecular weight excluding hydrogens is 877 g/mol. The van der Waals surface area contributed by atoms with E-state index in [0.717, 1.165) is 103 Å². The average Bonchev–Trinajstić information content (AvgIpc) is 3.37. The summed E-state index contributed by atoms with van der Waals surface area (Å²) in [5, 5.41) is 0. The van der Waals surface area contributed by atoms with E-state index in [1.807, 2.05) is 0 Å². The second-order valence-corrected chi connectivity index (χ2v) is 19.5. The minimum absolute atomic E-state index is 0.106. The van der Waals surface area contributed by atoms with E-state index in [-0.39, 0.29) is 37.5 Å². The molecule has 0 aliphatic heterocycles.